The summed E-state index contributed by atoms with van der Waals surface area (Å²) in [7, 11) is 0. The molecule has 1 heteroatoms. The van der Waals surface area contributed by atoms with E-state index in [-0.39, 0.29) is 0 Å². The van der Waals surface area contributed by atoms with Crippen molar-refractivity contribution in [2.24, 2.45) is 0 Å². The third-order valence-electron chi connectivity index (χ3n) is 3.34. The lowest BCUT2D eigenvalue weighted by Gasteiger charge is -2.03. The van der Waals surface area contributed by atoms with Crippen LogP contribution >= 0.6 is 11.3 Å². The Labute approximate surface area is 112 Å². The minimum Gasteiger partial charge on any atom is -0.144 e. The lowest BCUT2D eigenvalue weighted by molar-refractivity contribution is 0.962. The molecule has 0 atom stereocenters. The summed E-state index contributed by atoms with van der Waals surface area (Å²) in [5.41, 5.74) is 4.19. The Balaban J connectivity index is 1.74. The van der Waals surface area contributed by atoms with E-state index in [0.717, 1.165) is 12.8 Å². The fourth-order valence-corrected chi connectivity index (χ4v) is 3.05. The van der Waals surface area contributed by atoms with Crippen molar-refractivity contribution >= 4 is 21.4 Å². The van der Waals surface area contributed by atoms with Crippen molar-refractivity contribution in [3.8, 4) is 0 Å². The topological polar surface area (TPSA) is 0 Å². The SMILES string of the molecule is Cc1ccc(CCc2ccc3ccsc3c2)cc1. The zero-order valence-corrected chi connectivity index (χ0v) is 11.3. The molecule has 0 N–H and O–H groups in total. The minimum absolute atomic E-state index is 1.12. The van der Waals surface area contributed by atoms with Crippen molar-refractivity contribution in [3.05, 3.63) is 70.6 Å². The molecule has 0 saturated carbocycles. The molecule has 0 fully saturated rings. The van der Waals surface area contributed by atoms with E-state index in [2.05, 4.69) is 60.8 Å². The van der Waals surface area contributed by atoms with Crippen LogP contribution in [-0.2, 0) is 12.8 Å². The van der Waals surface area contributed by atoms with Crippen molar-refractivity contribution in [1.29, 1.82) is 0 Å². The Hall–Kier alpha value is -1.60. The predicted molar refractivity (Wildman–Crippen MR) is 80.4 cm³/mol. The first-order chi connectivity index (χ1) is 8.81. The maximum Gasteiger partial charge on any atom is 0.0345 e. The number of aryl methyl sites for hydroxylation is 3. The zero-order chi connectivity index (χ0) is 12.4. The quantitative estimate of drug-likeness (QED) is 0.615. The smallest absolute Gasteiger partial charge is 0.0345 e. The molecule has 3 rings (SSSR count). The van der Waals surface area contributed by atoms with E-state index in [4.69, 9.17) is 0 Å². The average molecular weight is 252 g/mol. The van der Waals surface area contributed by atoms with E-state index < -0.39 is 0 Å². The first-order valence-electron chi connectivity index (χ1n) is 6.33. The third kappa shape index (κ3) is 2.46. The molecule has 0 unspecified atom stereocenters. The normalized spacial score (nSPS) is 10.9. The van der Waals surface area contributed by atoms with Gasteiger partial charge in [0.05, 0.1) is 0 Å². The summed E-state index contributed by atoms with van der Waals surface area (Å²) in [6, 6.07) is 17.9. The van der Waals surface area contributed by atoms with Crippen LogP contribution in [0.25, 0.3) is 10.1 Å². The number of fused-ring (bicyclic) bond motifs is 1. The second-order valence-corrected chi connectivity index (χ2v) is 5.73. The largest absolute Gasteiger partial charge is 0.144 e. The summed E-state index contributed by atoms with van der Waals surface area (Å²) in [5, 5.41) is 3.52. The Morgan fingerprint density at radius 3 is 2.39 bits per heavy atom. The van der Waals surface area contributed by atoms with Crippen molar-refractivity contribution in [1.82, 2.24) is 0 Å². The molecule has 0 spiro atoms. The molecule has 3 aromatic rings. The van der Waals surface area contributed by atoms with E-state index in [9.17, 15) is 0 Å². The van der Waals surface area contributed by atoms with Crippen LogP contribution in [-0.4, -0.2) is 0 Å². The predicted octanol–water partition coefficient (Wildman–Crippen LogP) is 4.99. The van der Waals surface area contributed by atoms with E-state index in [1.165, 1.54) is 26.8 Å². The van der Waals surface area contributed by atoms with Gasteiger partial charge in [0, 0.05) is 4.70 Å². The number of hydrogen-bond donors (Lipinski definition) is 0. The number of thiophene rings is 1. The molecule has 0 aliphatic rings. The molecule has 1 heterocycles. The molecule has 90 valence electrons. The number of rotatable bonds is 3. The first-order valence-corrected chi connectivity index (χ1v) is 7.21. The second-order valence-electron chi connectivity index (χ2n) is 4.78. The van der Waals surface area contributed by atoms with Crippen LogP contribution in [0, 0.1) is 6.92 Å². The van der Waals surface area contributed by atoms with Crippen LogP contribution in [0.3, 0.4) is 0 Å². The maximum absolute atomic E-state index is 2.33. The van der Waals surface area contributed by atoms with Gasteiger partial charge in [0.25, 0.3) is 0 Å². The van der Waals surface area contributed by atoms with Crippen molar-refractivity contribution in [2.45, 2.75) is 19.8 Å². The molecule has 0 radical (unpaired) electrons. The van der Waals surface area contributed by atoms with E-state index in [1.54, 1.807) is 0 Å². The molecule has 0 amide bonds. The van der Waals surface area contributed by atoms with Crippen LogP contribution in [0.15, 0.2) is 53.9 Å². The highest BCUT2D eigenvalue weighted by atomic mass is 32.1. The molecule has 0 saturated heterocycles. The summed E-state index contributed by atoms with van der Waals surface area (Å²) in [5.74, 6) is 0. The van der Waals surface area contributed by atoms with Crippen LogP contribution in [0.1, 0.15) is 16.7 Å². The van der Waals surface area contributed by atoms with Gasteiger partial charge in [-0.1, -0.05) is 42.0 Å². The summed E-state index contributed by atoms with van der Waals surface area (Å²) in [6.07, 6.45) is 2.24. The second kappa shape index (κ2) is 4.95. The van der Waals surface area contributed by atoms with E-state index >= 15 is 0 Å². The van der Waals surface area contributed by atoms with E-state index in [1.807, 2.05) is 11.3 Å². The molecule has 0 nitrogen and oxygen atoms in total. The highest BCUT2D eigenvalue weighted by Gasteiger charge is 1.99. The highest BCUT2D eigenvalue weighted by Crippen LogP contribution is 2.22. The molecule has 18 heavy (non-hydrogen) atoms. The fourth-order valence-electron chi connectivity index (χ4n) is 2.20. The molecular weight excluding hydrogens is 236 g/mol. The van der Waals surface area contributed by atoms with Crippen LogP contribution in [0.4, 0.5) is 0 Å². The van der Waals surface area contributed by atoms with Gasteiger partial charge in [-0.25, -0.2) is 0 Å². The lowest BCUT2D eigenvalue weighted by atomic mass is 10.0. The van der Waals surface area contributed by atoms with Crippen molar-refractivity contribution in [3.63, 3.8) is 0 Å². The third-order valence-corrected chi connectivity index (χ3v) is 4.22. The van der Waals surface area contributed by atoms with Crippen LogP contribution < -0.4 is 0 Å². The molecule has 0 aliphatic carbocycles. The van der Waals surface area contributed by atoms with Crippen LogP contribution in [0.5, 0.6) is 0 Å². The Kier molecular flexibility index (Phi) is 3.16. The van der Waals surface area contributed by atoms with Gasteiger partial charge in [-0.2, -0.15) is 0 Å². The number of hydrogen-bond acceptors (Lipinski definition) is 1. The summed E-state index contributed by atoms with van der Waals surface area (Å²) >= 11 is 1.83. The van der Waals surface area contributed by atoms with Gasteiger partial charge in [0.1, 0.15) is 0 Å². The Morgan fingerprint density at radius 2 is 1.56 bits per heavy atom. The van der Waals surface area contributed by atoms with Crippen molar-refractivity contribution < 1.29 is 0 Å². The molecule has 1 aromatic heterocycles. The molecule has 0 bridgehead atoms. The van der Waals surface area contributed by atoms with Gasteiger partial charge < -0.3 is 0 Å². The van der Waals surface area contributed by atoms with Gasteiger partial charge in [0.2, 0.25) is 0 Å². The standard InChI is InChI=1S/C17H16S/c1-13-2-4-14(5-3-13)6-7-15-8-9-16-10-11-18-17(16)12-15/h2-5,8-12H,6-7H2,1H3. The Bertz CT molecular complexity index is 647. The first kappa shape index (κ1) is 11.5. The van der Waals surface area contributed by atoms with Crippen LogP contribution in [0.2, 0.25) is 0 Å². The molecular formula is C17H16S. The monoisotopic (exact) mass is 252 g/mol. The zero-order valence-electron chi connectivity index (χ0n) is 10.5. The lowest BCUT2D eigenvalue weighted by Crippen LogP contribution is -1.91. The fraction of sp³-hybridized carbons (Fsp3) is 0.176. The van der Waals surface area contributed by atoms with Gasteiger partial charge in [-0.05, 0) is 53.8 Å². The van der Waals surface area contributed by atoms with E-state index in [0.29, 0.717) is 0 Å². The summed E-state index contributed by atoms with van der Waals surface area (Å²) in [6.45, 7) is 2.13. The van der Waals surface area contributed by atoms with Gasteiger partial charge in [-0.15, -0.1) is 11.3 Å². The Morgan fingerprint density at radius 1 is 0.833 bits per heavy atom. The average Bonchev–Trinajstić information content (AvgIpc) is 2.85. The maximum atomic E-state index is 2.33. The number of benzene rings is 2. The molecule has 0 aliphatic heterocycles. The summed E-state index contributed by atoms with van der Waals surface area (Å²) < 4.78 is 1.40. The minimum atomic E-state index is 1.12. The summed E-state index contributed by atoms with van der Waals surface area (Å²) in [4.78, 5) is 0. The molecule has 2 aromatic carbocycles. The highest BCUT2D eigenvalue weighted by molar-refractivity contribution is 7.17. The van der Waals surface area contributed by atoms with Gasteiger partial charge in [0.15, 0.2) is 0 Å². The van der Waals surface area contributed by atoms with Gasteiger partial charge in [-0.3, -0.25) is 0 Å². The van der Waals surface area contributed by atoms with Crippen molar-refractivity contribution in [2.75, 3.05) is 0 Å². The van der Waals surface area contributed by atoms with Gasteiger partial charge >= 0.3 is 0 Å².